The Bertz CT molecular complexity index is 1060. The van der Waals surface area contributed by atoms with E-state index in [0.717, 1.165) is 68.3 Å². The summed E-state index contributed by atoms with van der Waals surface area (Å²) in [4.78, 5) is 4.35. The van der Waals surface area contributed by atoms with Crippen LogP contribution >= 0.6 is 0 Å². The number of pyridine rings is 1. The van der Waals surface area contributed by atoms with E-state index in [1.807, 2.05) is 24.3 Å². The van der Waals surface area contributed by atoms with Crippen molar-refractivity contribution >= 4 is 24.3 Å². The van der Waals surface area contributed by atoms with Gasteiger partial charge in [0, 0.05) is 37.4 Å². The zero-order valence-electron chi connectivity index (χ0n) is 23.8. The Labute approximate surface area is 229 Å². The summed E-state index contributed by atoms with van der Waals surface area (Å²) in [6.07, 6.45) is 10.7. The van der Waals surface area contributed by atoms with E-state index in [2.05, 4.69) is 116 Å². The van der Waals surface area contributed by atoms with Crippen molar-refractivity contribution in [3.05, 3.63) is 89.2 Å². The van der Waals surface area contributed by atoms with Crippen molar-refractivity contribution in [3.63, 3.8) is 0 Å². The number of hydrogen-bond donors (Lipinski definition) is 0. The first-order valence-corrected chi connectivity index (χ1v) is 13.6. The van der Waals surface area contributed by atoms with Gasteiger partial charge in [0.25, 0.3) is 0 Å². The fourth-order valence-corrected chi connectivity index (χ4v) is 4.09. The molecule has 202 valence electrons. The molecule has 0 aliphatic heterocycles. The molecule has 5 heteroatoms. The Hall–Kier alpha value is -3.41. The molecule has 5 nitrogen and oxygen atoms in total. The summed E-state index contributed by atoms with van der Waals surface area (Å²) in [7, 11) is 8.33. The molecule has 0 unspecified atom stereocenters. The minimum atomic E-state index is 0.735. The lowest BCUT2D eigenvalue weighted by Gasteiger charge is -2.10. The van der Waals surface area contributed by atoms with Gasteiger partial charge in [-0.25, -0.2) is 0 Å². The summed E-state index contributed by atoms with van der Waals surface area (Å²) in [5.41, 5.74) is 4.64. The van der Waals surface area contributed by atoms with Crippen LogP contribution in [-0.4, -0.2) is 64.3 Å². The molecule has 0 radical (unpaired) electrons. The van der Waals surface area contributed by atoms with Gasteiger partial charge in [-0.2, -0.15) is 4.57 Å². The number of hydrogen-bond acceptors (Lipinski definition) is 4. The molecule has 0 saturated carbocycles. The summed E-state index contributed by atoms with van der Waals surface area (Å²) in [5, 5.41) is 0. The molecule has 0 bridgehead atoms. The van der Waals surface area contributed by atoms with E-state index in [-0.39, 0.29) is 0 Å². The molecule has 3 rings (SSSR count). The average Bonchev–Trinajstić information content (AvgIpc) is 2.92. The SMILES string of the molecule is CC[n+]1c(/C=C/c2ccc(OCCCN(C)C)cc2)cccc1/C=C/c1ccc(OCCCN(C)C)cc1. The van der Waals surface area contributed by atoms with Gasteiger partial charge in [-0.05, 0) is 102 Å². The smallest absolute Gasteiger partial charge is 0.205 e. The fraction of sp³-hybridized carbons (Fsp3) is 0.364. The van der Waals surface area contributed by atoms with Crippen molar-refractivity contribution in [2.75, 3.05) is 54.5 Å². The van der Waals surface area contributed by atoms with Crippen LogP contribution in [0.25, 0.3) is 24.3 Å². The maximum atomic E-state index is 5.85. The lowest BCUT2D eigenvalue weighted by Crippen LogP contribution is -2.38. The normalized spacial score (nSPS) is 11.8. The molecule has 3 aromatic rings. The third-order valence-corrected chi connectivity index (χ3v) is 6.16. The number of aromatic nitrogens is 1. The van der Waals surface area contributed by atoms with Crippen molar-refractivity contribution in [1.29, 1.82) is 0 Å². The molecule has 0 spiro atoms. The third kappa shape index (κ3) is 10.2. The van der Waals surface area contributed by atoms with Crippen LogP contribution in [0.5, 0.6) is 11.5 Å². The molecule has 0 amide bonds. The summed E-state index contributed by atoms with van der Waals surface area (Å²) in [5.74, 6) is 1.83. The first-order valence-electron chi connectivity index (χ1n) is 13.6. The van der Waals surface area contributed by atoms with Crippen molar-refractivity contribution in [2.45, 2.75) is 26.3 Å². The zero-order chi connectivity index (χ0) is 27.2. The van der Waals surface area contributed by atoms with E-state index in [1.165, 1.54) is 11.4 Å². The second kappa shape index (κ2) is 15.8. The third-order valence-electron chi connectivity index (χ3n) is 6.16. The highest BCUT2D eigenvalue weighted by Gasteiger charge is 2.10. The second-order valence-corrected chi connectivity index (χ2v) is 9.94. The Morgan fingerprint density at radius 1 is 0.605 bits per heavy atom. The molecule has 0 atom stereocenters. The summed E-state index contributed by atoms with van der Waals surface area (Å²) >= 11 is 0. The molecule has 1 heterocycles. The van der Waals surface area contributed by atoms with Crippen molar-refractivity contribution < 1.29 is 14.0 Å². The van der Waals surface area contributed by atoms with Crippen LogP contribution in [0.4, 0.5) is 0 Å². The fourth-order valence-electron chi connectivity index (χ4n) is 4.09. The quantitative estimate of drug-likeness (QED) is 0.184. The molecular weight excluding hydrogens is 470 g/mol. The van der Waals surface area contributed by atoms with Gasteiger partial charge >= 0.3 is 0 Å². The highest BCUT2D eigenvalue weighted by molar-refractivity contribution is 5.69. The maximum absolute atomic E-state index is 5.85. The lowest BCUT2D eigenvalue weighted by molar-refractivity contribution is -0.696. The predicted octanol–water partition coefficient (Wildman–Crippen LogP) is 6.00. The van der Waals surface area contributed by atoms with Gasteiger partial charge in [0.05, 0.1) is 13.2 Å². The largest absolute Gasteiger partial charge is 0.494 e. The number of rotatable bonds is 15. The van der Waals surface area contributed by atoms with E-state index in [1.54, 1.807) is 0 Å². The molecule has 0 fully saturated rings. The number of ether oxygens (including phenoxy) is 2. The van der Waals surface area contributed by atoms with Gasteiger partial charge in [-0.3, -0.25) is 0 Å². The highest BCUT2D eigenvalue weighted by Crippen LogP contribution is 2.16. The van der Waals surface area contributed by atoms with E-state index in [0.29, 0.717) is 0 Å². The lowest BCUT2D eigenvalue weighted by atomic mass is 10.1. The van der Waals surface area contributed by atoms with Crippen LogP contribution in [0.1, 0.15) is 42.3 Å². The molecule has 0 N–H and O–H groups in total. The molecule has 0 saturated heterocycles. The van der Waals surface area contributed by atoms with Crippen molar-refractivity contribution in [2.24, 2.45) is 0 Å². The molecule has 0 aliphatic rings. The molecule has 2 aromatic carbocycles. The maximum Gasteiger partial charge on any atom is 0.205 e. The van der Waals surface area contributed by atoms with E-state index < -0.39 is 0 Å². The van der Waals surface area contributed by atoms with E-state index >= 15 is 0 Å². The predicted molar refractivity (Wildman–Crippen MR) is 160 cm³/mol. The van der Waals surface area contributed by atoms with Crippen LogP contribution < -0.4 is 14.0 Å². The zero-order valence-corrected chi connectivity index (χ0v) is 23.8. The Kier molecular flexibility index (Phi) is 12.1. The Balaban J connectivity index is 1.59. The second-order valence-electron chi connectivity index (χ2n) is 9.94. The molecular formula is C33H44N3O2+. The van der Waals surface area contributed by atoms with Gasteiger partial charge in [0.1, 0.15) is 18.0 Å². The van der Waals surface area contributed by atoms with E-state index in [4.69, 9.17) is 9.47 Å². The van der Waals surface area contributed by atoms with E-state index in [9.17, 15) is 0 Å². The van der Waals surface area contributed by atoms with Gasteiger partial charge in [0.15, 0.2) is 0 Å². The van der Waals surface area contributed by atoms with Crippen molar-refractivity contribution in [1.82, 2.24) is 9.80 Å². The van der Waals surface area contributed by atoms with Crippen LogP contribution in [0.15, 0.2) is 66.7 Å². The minimum absolute atomic E-state index is 0.735. The Morgan fingerprint density at radius 3 is 1.39 bits per heavy atom. The first-order chi connectivity index (χ1) is 18.4. The topological polar surface area (TPSA) is 28.8 Å². The summed E-state index contributed by atoms with van der Waals surface area (Å²) in [6, 6.07) is 23.0. The summed E-state index contributed by atoms with van der Waals surface area (Å²) < 4.78 is 14.0. The first kappa shape index (κ1) is 29.2. The standard InChI is InChI=1S/C33H44N3O2/c1-6-36-30(18-12-28-14-20-32(21-15-28)37-26-8-24-34(2)3)10-7-11-31(36)19-13-29-16-22-33(23-17-29)38-27-9-25-35(4)5/h7,10-23H,6,8-9,24-27H2,1-5H3/q+1/b18-12+,19-13+. The average molecular weight is 515 g/mol. The molecule has 1 aromatic heterocycles. The van der Waals surface area contributed by atoms with Crippen LogP contribution in [-0.2, 0) is 6.54 Å². The van der Waals surface area contributed by atoms with Crippen molar-refractivity contribution in [3.8, 4) is 11.5 Å². The van der Waals surface area contributed by atoms with Gasteiger partial charge in [0.2, 0.25) is 11.4 Å². The van der Waals surface area contributed by atoms with Gasteiger partial charge in [-0.15, -0.1) is 0 Å². The summed E-state index contributed by atoms with van der Waals surface area (Å²) in [6.45, 7) is 6.61. The Morgan fingerprint density at radius 2 is 1.03 bits per heavy atom. The molecule has 0 aliphatic carbocycles. The van der Waals surface area contributed by atoms with Gasteiger partial charge in [-0.1, -0.05) is 24.3 Å². The van der Waals surface area contributed by atoms with Gasteiger partial charge < -0.3 is 19.3 Å². The number of nitrogens with zero attached hydrogens (tertiary/aromatic N) is 3. The monoisotopic (exact) mass is 514 g/mol. The number of benzene rings is 2. The highest BCUT2D eigenvalue weighted by atomic mass is 16.5. The minimum Gasteiger partial charge on any atom is -0.494 e. The van der Waals surface area contributed by atoms with Crippen LogP contribution in [0, 0.1) is 0 Å². The van der Waals surface area contributed by atoms with Crippen LogP contribution in [0.3, 0.4) is 0 Å². The van der Waals surface area contributed by atoms with Crippen LogP contribution in [0.2, 0.25) is 0 Å². The molecule has 38 heavy (non-hydrogen) atoms.